The lowest BCUT2D eigenvalue weighted by molar-refractivity contribution is -0.116. The fourth-order valence-corrected chi connectivity index (χ4v) is 4.31. The summed E-state index contributed by atoms with van der Waals surface area (Å²) in [5.74, 6) is 0.671. The van der Waals surface area contributed by atoms with Crippen LogP contribution in [0.15, 0.2) is 46.3 Å². The van der Waals surface area contributed by atoms with Crippen LogP contribution in [0.5, 0.6) is 5.75 Å². The van der Waals surface area contributed by atoms with Gasteiger partial charge in [-0.3, -0.25) is 4.79 Å². The molecule has 3 aromatic rings. The Bertz CT molecular complexity index is 994. The number of nitrogens with one attached hydrogen (secondary N) is 1. The minimum absolute atomic E-state index is 0.102. The number of carbonyl (C=O) groups excluding carboxylic acids is 1. The first-order valence-corrected chi connectivity index (χ1v) is 10.9. The zero-order chi connectivity index (χ0) is 20.1. The highest BCUT2D eigenvalue weighted by molar-refractivity contribution is 9.10. The minimum Gasteiger partial charge on any atom is -0.492 e. The monoisotopic (exact) mass is 498 g/mol. The van der Waals surface area contributed by atoms with Crippen LogP contribution in [0.3, 0.4) is 0 Å². The molecule has 0 aliphatic heterocycles. The lowest BCUT2D eigenvalue weighted by Gasteiger charge is -2.08. The van der Waals surface area contributed by atoms with E-state index in [1.54, 1.807) is 12.1 Å². The molecule has 0 bridgehead atoms. The third-order valence-electron chi connectivity index (χ3n) is 3.85. The number of thiazole rings is 1. The molecule has 3 rings (SSSR count). The normalized spacial score (nSPS) is 10.7. The molecule has 0 saturated heterocycles. The zero-order valence-corrected chi connectivity index (χ0v) is 18.9. The van der Waals surface area contributed by atoms with Crippen LogP contribution in [-0.4, -0.2) is 17.5 Å². The molecule has 1 amide bonds. The molecule has 0 aliphatic carbocycles. The molecular formula is C20H17BrCl2N2O2S. The van der Waals surface area contributed by atoms with E-state index in [2.05, 4.69) is 26.2 Å². The van der Waals surface area contributed by atoms with Gasteiger partial charge in [-0.25, -0.2) is 4.98 Å². The van der Waals surface area contributed by atoms with Gasteiger partial charge in [-0.15, -0.1) is 11.3 Å². The zero-order valence-electron chi connectivity index (χ0n) is 15.0. The van der Waals surface area contributed by atoms with Crippen molar-refractivity contribution in [3.05, 3.63) is 61.9 Å². The number of aryl methyl sites for hydroxylation is 1. The largest absolute Gasteiger partial charge is 0.492 e. The number of anilines is 1. The number of ether oxygens (including phenoxy) is 1. The van der Waals surface area contributed by atoms with Gasteiger partial charge in [0.25, 0.3) is 0 Å². The quantitative estimate of drug-likeness (QED) is 0.356. The second-order valence-corrected chi connectivity index (χ2v) is 8.65. The van der Waals surface area contributed by atoms with Gasteiger partial charge in [-0.05, 0) is 65.2 Å². The molecule has 4 nitrogen and oxygen atoms in total. The third kappa shape index (κ3) is 5.70. The Kier molecular flexibility index (Phi) is 7.35. The van der Waals surface area contributed by atoms with Gasteiger partial charge in [0, 0.05) is 22.4 Å². The summed E-state index contributed by atoms with van der Waals surface area (Å²) < 4.78 is 6.62. The number of hydrogen-bond acceptors (Lipinski definition) is 4. The number of benzene rings is 2. The standard InChI is InChI=1S/C20H17BrCl2N2O2S/c1-12-4-7-18(15(21)9-12)27-8-2-3-19(26)25-20-24-17(11-28-20)14-6-5-13(22)10-16(14)23/h4-7,9-11H,2-3,8H2,1H3,(H,24,25,26). The highest BCUT2D eigenvalue weighted by atomic mass is 79.9. The first-order valence-electron chi connectivity index (χ1n) is 8.52. The Labute approximate surface area is 186 Å². The number of carbonyl (C=O) groups is 1. The SMILES string of the molecule is Cc1ccc(OCCCC(=O)Nc2nc(-c3ccc(Cl)cc3Cl)cs2)c(Br)c1. The van der Waals surface area contributed by atoms with Gasteiger partial charge in [-0.2, -0.15) is 0 Å². The maximum atomic E-state index is 12.1. The van der Waals surface area contributed by atoms with Crippen LogP contribution in [-0.2, 0) is 4.79 Å². The van der Waals surface area contributed by atoms with Crippen molar-refractivity contribution < 1.29 is 9.53 Å². The molecular weight excluding hydrogens is 483 g/mol. The van der Waals surface area contributed by atoms with Crippen molar-refractivity contribution in [1.82, 2.24) is 4.98 Å². The second-order valence-electron chi connectivity index (χ2n) is 6.10. The van der Waals surface area contributed by atoms with Gasteiger partial charge in [0.15, 0.2) is 5.13 Å². The molecule has 1 N–H and O–H groups in total. The van der Waals surface area contributed by atoms with Crippen LogP contribution in [0.4, 0.5) is 5.13 Å². The highest BCUT2D eigenvalue weighted by Gasteiger charge is 2.11. The lowest BCUT2D eigenvalue weighted by atomic mass is 10.2. The van der Waals surface area contributed by atoms with Gasteiger partial charge < -0.3 is 10.1 Å². The molecule has 8 heteroatoms. The average Bonchev–Trinajstić information content (AvgIpc) is 3.08. The highest BCUT2D eigenvalue weighted by Crippen LogP contribution is 2.32. The van der Waals surface area contributed by atoms with Crippen molar-refractivity contribution in [2.45, 2.75) is 19.8 Å². The Morgan fingerprint density at radius 1 is 1.25 bits per heavy atom. The first kappa shape index (κ1) is 21.1. The van der Waals surface area contributed by atoms with E-state index in [4.69, 9.17) is 27.9 Å². The summed E-state index contributed by atoms with van der Waals surface area (Å²) in [5, 5.41) is 6.29. The third-order valence-corrected chi connectivity index (χ3v) is 5.78. The number of rotatable bonds is 7. The summed E-state index contributed by atoms with van der Waals surface area (Å²) >= 11 is 17.0. The second kappa shape index (κ2) is 9.74. The molecule has 0 spiro atoms. The Morgan fingerprint density at radius 3 is 2.82 bits per heavy atom. The van der Waals surface area contributed by atoms with E-state index in [0.29, 0.717) is 40.3 Å². The molecule has 1 heterocycles. The van der Waals surface area contributed by atoms with E-state index in [1.165, 1.54) is 11.3 Å². The van der Waals surface area contributed by atoms with Crippen LogP contribution in [0.2, 0.25) is 10.0 Å². The maximum absolute atomic E-state index is 12.1. The molecule has 0 radical (unpaired) electrons. The van der Waals surface area contributed by atoms with Crippen molar-refractivity contribution in [3.8, 4) is 17.0 Å². The van der Waals surface area contributed by atoms with Crippen LogP contribution in [0, 0.1) is 6.92 Å². The Hall–Kier alpha value is -1.60. The first-order chi connectivity index (χ1) is 13.4. The molecule has 2 aromatic carbocycles. The fourth-order valence-electron chi connectivity index (χ4n) is 2.47. The molecule has 0 unspecified atom stereocenters. The van der Waals surface area contributed by atoms with Crippen molar-refractivity contribution in [2.24, 2.45) is 0 Å². The maximum Gasteiger partial charge on any atom is 0.226 e. The van der Waals surface area contributed by atoms with Gasteiger partial charge in [-0.1, -0.05) is 29.3 Å². The Morgan fingerprint density at radius 2 is 2.07 bits per heavy atom. The molecule has 0 aliphatic rings. The summed E-state index contributed by atoms with van der Waals surface area (Å²) in [7, 11) is 0. The van der Waals surface area contributed by atoms with Crippen molar-refractivity contribution >= 4 is 61.5 Å². The smallest absolute Gasteiger partial charge is 0.226 e. The average molecular weight is 500 g/mol. The number of hydrogen-bond donors (Lipinski definition) is 1. The number of nitrogens with zero attached hydrogens (tertiary/aromatic N) is 1. The summed E-state index contributed by atoms with van der Waals surface area (Å²) in [6.45, 7) is 2.47. The lowest BCUT2D eigenvalue weighted by Crippen LogP contribution is -2.12. The van der Waals surface area contributed by atoms with Gasteiger partial charge in [0.05, 0.1) is 21.8 Å². The topological polar surface area (TPSA) is 51.2 Å². The Balaban J connectivity index is 1.48. The summed E-state index contributed by atoms with van der Waals surface area (Å²) in [6.07, 6.45) is 0.952. The minimum atomic E-state index is -0.102. The fraction of sp³-hybridized carbons (Fsp3) is 0.200. The van der Waals surface area contributed by atoms with Gasteiger partial charge in [0.2, 0.25) is 5.91 Å². The van der Waals surface area contributed by atoms with E-state index in [0.717, 1.165) is 21.3 Å². The van der Waals surface area contributed by atoms with Gasteiger partial charge in [0.1, 0.15) is 5.75 Å². The van der Waals surface area contributed by atoms with E-state index in [-0.39, 0.29) is 5.91 Å². The van der Waals surface area contributed by atoms with Crippen molar-refractivity contribution in [1.29, 1.82) is 0 Å². The molecule has 0 saturated carbocycles. The van der Waals surface area contributed by atoms with E-state index < -0.39 is 0 Å². The van der Waals surface area contributed by atoms with E-state index in [1.807, 2.05) is 36.6 Å². The molecule has 1 aromatic heterocycles. The van der Waals surface area contributed by atoms with Crippen molar-refractivity contribution in [3.63, 3.8) is 0 Å². The molecule has 146 valence electrons. The van der Waals surface area contributed by atoms with E-state index in [9.17, 15) is 4.79 Å². The van der Waals surface area contributed by atoms with Crippen LogP contribution in [0.25, 0.3) is 11.3 Å². The summed E-state index contributed by atoms with van der Waals surface area (Å²) in [6, 6.07) is 11.1. The summed E-state index contributed by atoms with van der Waals surface area (Å²) in [5.41, 5.74) is 2.63. The van der Waals surface area contributed by atoms with Crippen molar-refractivity contribution in [2.75, 3.05) is 11.9 Å². The van der Waals surface area contributed by atoms with Gasteiger partial charge >= 0.3 is 0 Å². The number of aromatic nitrogens is 1. The molecule has 0 fully saturated rings. The van der Waals surface area contributed by atoms with Crippen LogP contribution >= 0.6 is 50.5 Å². The van der Waals surface area contributed by atoms with Crippen LogP contribution in [0.1, 0.15) is 18.4 Å². The number of halogens is 3. The van der Waals surface area contributed by atoms with Crippen LogP contribution < -0.4 is 10.1 Å². The molecule has 28 heavy (non-hydrogen) atoms. The molecule has 0 atom stereocenters. The summed E-state index contributed by atoms with van der Waals surface area (Å²) in [4.78, 5) is 16.6. The number of amides is 1. The predicted molar refractivity (Wildman–Crippen MR) is 120 cm³/mol. The predicted octanol–water partition coefficient (Wildman–Crippen LogP) is 6.99. The van der Waals surface area contributed by atoms with E-state index >= 15 is 0 Å².